The molecule has 0 fully saturated rings. The number of rotatable bonds is 5. The van der Waals surface area contributed by atoms with E-state index in [2.05, 4.69) is 35.9 Å². The van der Waals surface area contributed by atoms with Crippen molar-refractivity contribution in [1.82, 2.24) is 4.98 Å². The van der Waals surface area contributed by atoms with E-state index in [9.17, 15) is 0 Å². The molecule has 0 bridgehead atoms. The van der Waals surface area contributed by atoms with Crippen molar-refractivity contribution in [3.8, 4) is 0 Å². The van der Waals surface area contributed by atoms with Gasteiger partial charge < -0.3 is 10.0 Å². The minimum atomic E-state index is -0.0483. The number of hydrogen-bond donors (Lipinski definition) is 1. The highest BCUT2D eigenvalue weighted by molar-refractivity contribution is 6.33. The van der Waals surface area contributed by atoms with Crippen molar-refractivity contribution in [3.05, 3.63) is 58.7 Å². The van der Waals surface area contributed by atoms with Crippen LogP contribution in [0.1, 0.15) is 25.0 Å². The standard InChI is InChI=1S/C16H19ClN2O/c1-12(2)19(10-13-6-4-3-5-7-13)16-15(17)8-14(11-20)9-18-16/h3-9,12,20H,10-11H2,1-2H3. The van der Waals surface area contributed by atoms with E-state index in [-0.39, 0.29) is 12.6 Å². The molecule has 0 radical (unpaired) electrons. The predicted octanol–water partition coefficient (Wildman–Crippen LogP) is 3.64. The molecule has 1 aromatic heterocycles. The van der Waals surface area contributed by atoms with Gasteiger partial charge >= 0.3 is 0 Å². The lowest BCUT2D eigenvalue weighted by Gasteiger charge is -2.29. The van der Waals surface area contributed by atoms with Gasteiger partial charge in [0.15, 0.2) is 0 Å². The van der Waals surface area contributed by atoms with Gasteiger partial charge in [0.2, 0.25) is 0 Å². The fourth-order valence-corrected chi connectivity index (χ4v) is 2.35. The van der Waals surface area contributed by atoms with Crippen LogP contribution in [0.3, 0.4) is 0 Å². The van der Waals surface area contributed by atoms with Crippen LogP contribution in [0, 0.1) is 0 Å². The fourth-order valence-electron chi connectivity index (χ4n) is 2.05. The molecule has 0 unspecified atom stereocenters. The zero-order valence-corrected chi connectivity index (χ0v) is 12.5. The minimum Gasteiger partial charge on any atom is -0.392 e. The van der Waals surface area contributed by atoms with E-state index in [1.54, 1.807) is 12.3 Å². The van der Waals surface area contributed by atoms with Crippen molar-refractivity contribution in [2.24, 2.45) is 0 Å². The van der Waals surface area contributed by atoms with Crippen LogP contribution in [0.2, 0.25) is 5.02 Å². The summed E-state index contributed by atoms with van der Waals surface area (Å²) in [4.78, 5) is 6.55. The second-order valence-electron chi connectivity index (χ2n) is 5.01. The Morgan fingerprint density at radius 3 is 2.45 bits per heavy atom. The van der Waals surface area contributed by atoms with Crippen LogP contribution >= 0.6 is 11.6 Å². The quantitative estimate of drug-likeness (QED) is 0.913. The maximum atomic E-state index is 9.12. The molecule has 106 valence electrons. The number of pyridine rings is 1. The van der Waals surface area contributed by atoms with Crippen molar-refractivity contribution in [3.63, 3.8) is 0 Å². The molecule has 3 nitrogen and oxygen atoms in total. The molecule has 20 heavy (non-hydrogen) atoms. The monoisotopic (exact) mass is 290 g/mol. The van der Waals surface area contributed by atoms with E-state index in [1.165, 1.54) is 5.56 Å². The Morgan fingerprint density at radius 2 is 1.90 bits per heavy atom. The number of aliphatic hydroxyl groups is 1. The molecule has 1 N–H and O–H groups in total. The Bertz CT molecular complexity index is 558. The van der Waals surface area contributed by atoms with Gasteiger partial charge in [0, 0.05) is 18.8 Å². The van der Waals surface area contributed by atoms with E-state index < -0.39 is 0 Å². The number of benzene rings is 1. The van der Waals surface area contributed by atoms with Gasteiger partial charge in [0.05, 0.1) is 11.6 Å². The van der Waals surface area contributed by atoms with Gasteiger partial charge in [-0.15, -0.1) is 0 Å². The maximum absolute atomic E-state index is 9.12. The Kier molecular flexibility index (Phi) is 4.99. The first-order valence-corrected chi connectivity index (χ1v) is 7.05. The van der Waals surface area contributed by atoms with E-state index in [0.717, 1.165) is 17.9 Å². The van der Waals surface area contributed by atoms with Gasteiger partial charge in [0.1, 0.15) is 5.82 Å². The average molecular weight is 291 g/mol. The van der Waals surface area contributed by atoms with Crippen LogP contribution in [-0.4, -0.2) is 16.1 Å². The molecule has 0 atom stereocenters. The number of nitrogens with zero attached hydrogens (tertiary/aromatic N) is 2. The molecule has 0 aliphatic carbocycles. The molecule has 0 saturated heterocycles. The summed E-state index contributed by atoms with van der Waals surface area (Å²) in [5.74, 6) is 0.753. The first kappa shape index (κ1) is 14.8. The summed E-state index contributed by atoms with van der Waals surface area (Å²) in [5.41, 5.74) is 1.94. The fraction of sp³-hybridized carbons (Fsp3) is 0.312. The summed E-state index contributed by atoms with van der Waals surface area (Å²) in [7, 11) is 0. The van der Waals surface area contributed by atoms with Crippen LogP contribution in [0.25, 0.3) is 0 Å². The number of aromatic nitrogens is 1. The molecule has 0 amide bonds. The van der Waals surface area contributed by atoms with Gasteiger partial charge in [-0.05, 0) is 31.0 Å². The Morgan fingerprint density at radius 1 is 1.20 bits per heavy atom. The Hall–Kier alpha value is -1.58. The first-order chi connectivity index (χ1) is 9.61. The highest BCUT2D eigenvalue weighted by Gasteiger charge is 2.16. The third-order valence-corrected chi connectivity index (χ3v) is 3.43. The smallest absolute Gasteiger partial charge is 0.147 e. The topological polar surface area (TPSA) is 36.4 Å². The normalized spacial score (nSPS) is 10.8. The first-order valence-electron chi connectivity index (χ1n) is 6.67. The summed E-state index contributed by atoms with van der Waals surface area (Å²) >= 11 is 6.30. The van der Waals surface area contributed by atoms with Gasteiger partial charge in [-0.1, -0.05) is 41.9 Å². The Labute approximate surface area is 124 Å². The predicted molar refractivity (Wildman–Crippen MR) is 82.9 cm³/mol. The molecule has 0 spiro atoms. The second kappa shape index (κ2) is 6.73. The van der Waals surface area contributed by atoms with Gasteiger partial charge in [-0.3, -0.25) is 0 Å². The molecule has 2 rings (SSSR count). The van der Waals surface area contributed by atoms with Crippen LogP contribution in [0.4, 0.5) is 5.82 Å². The average Bonchev–Trinajstić information content (AvgIpc) is 2.46. The van der Waals surface area contributed by atoms with Crippen molar-refractivity contribution in [1.29, 1.82) is 0 Å². The van der Waals surface area contributed by atoms with Crippen LogP contribution < -0.4 is 4.90 Å². The van der Waals surface area contributed by atoms with Crippen molar-refractivity contribution < 1.29 is 5.11 Å². The lowest BCUT2D eigenvalue weighted by Crippen LogP contribution is -2.31. The molecule has 1 aromatic carbocycles. The van der Waals surface area contributed by atoms with Gasteiger partial charge in [-0.2, -0.15) is 0 Å². The molecule has 4 heteroatoms. The molecule has 0 aliphatic heterocycles. The molecular formula is C16H19ClN2O. The number of anilines is 1. The summed E-state index contributed by atoms with van der Waals surface area (Å²) in [5, 5.41) is 9.69. The lowest BCUT2D eigenvalue weighted by molar-refractivity contribution is 0.281. The molecule has 2 aromatic rings. The lowest BCUT2D eigenvalue weighted by atomic mass is 10.2. The van der Waals surface area contributed by atoms with Crippen molar-refractivity contribution in [2.75, 3.05) is 4.90 Å². The summed E-state index contributed by atoms with van der Waals surface area (Å²) in [6.07, 6.45) is 1.67. The molecule has 1 heterocycles. The van der Waals surface area contributed by atoms with Crippen molar-refractivity contribution in [2.45, 2.75) is 33.0 Å². The zero-order chi connectivity index (χ0) is 14.5. The van der Waals surface area contributed by atoms with E-state index >= 15 is 0 Å². The summed E-state index contributed by atoms with van der Waals surface area (Å²) in [6, 6.07) is 12.3. The van der Waals surface area contributed by atoms with E-state index in [0.29, 0.717) is 5.02 Å². The third kappa shape index (κ3) is 3.50. The van der Waals surface area contributed by atoms with Crippen molar-refractivity contribution >= 4 is 17.4 Å². The maximum Gasteiger partial charge on any atom is 0.147 e. The molecular weight excluding hydrogens is 272 g/mol. The van der Waals surface area contributed by atoms with E-state index in [4.69, 9.17) is 16.7 Å². The number of hydrogen-bond acceptors (Lipinski definition) is 3. The van der Waals surface area contributed by atoms with E-state index in [1.807, 2.05) is 18.2 Å². The minimum absolute atomic E-state index is 0.0483. The van der Waals surface area contributed by atoms with Crippen LogP contribution in [0.5, 0.6) is 0 Å². The zero-order valence-electron chi connectivity index (χ0n) is 11.8. The molecule has 0 aliphatic rings. The number of halogens is 1. The largest absolute Gasteiger partial charge is 0.392 e. The second-order valence-corrected chi connectivity index (χ2v) is 5.42. The van der Waals surface area contributed by atoms with Crippen LogP contribution in [-0.2, 0) is 13.2 Å². The SMILES string of the molecule is CC(C)N(Cc1ccccc1)c1ncc(CO)cc1Cl. The Balaban J connectivity index is 2.29. The highest BCUT2D eigenvalue weighted by Crippen LogP contribution is 2.27. The van der Waals surface area contributed by atoms with Gasteiger partial charge in [-0.25, -0.2) is 4.98 Å². The highest BCUT2D eigenvalue weighted by atomic mass is 35.5. The van der Waals surface area contributed by atoms with Crippen LogP contribution in [0.15, 0.2) is 42.6 Å². The summed E-state index contributed by atoms with van der Waals surface area (Å²) in [6.45, 7) is 4.93. The number of aliphatic hydroxyl groups excluding tert-OH is 1. The summed E-state index contributed by atoms with van der Waals surface area (Å²) < 4.78 is 0. The third-order valence-electron chi connectivity index (χ3n) is 3.15. The molecule has 0 saturated carbocycles. The van der Waals surface area contributed by atoms with Gasteiger partial charge in [0.25, 0.3) is 0 Å².